The molecular weight excluding hydrogens is 306 g/mol. The quantitative estimate of drug-likeness (QED) is 0.830. The number of nitrogens with one attached hydrogen (secondary N) is 2. The molecule has 0 aliphatic carbocycles. The Morgan fingerprint density at radius 1 is 1.26 bits per heavy atom. The van der Waals surface area contributed by atoms with Crippen LogP contribution in [0.3, 0.4) is 0 Å². The van der Waals surface area contributed by atoms with Gasteiger partial charge in [-0.05, 0) is 31.3 Å². The summed E-state index contributed by atoms with van der Waals surface area (Å²) in [5.41, 5.74) is 2.76. The summed E-state index contributed by atoms with van der Waals surface area (Å²) in [6.07, 6.45) is 1.69. The lowest BCUT2D eigenvalue weighted by Crippen LogP contribution is -3.13. The van der Waals surface area contributed by atoms with Crippen molar-refractivity contribution >= 4 is 17.3 Å². The predicted octanol–water partition coefficient (Wildman–Crippen LogP) is 1.36. The Morgan fingerprint density at radius 2 is 2.09 bits per heavy atom. The highest BCUT2D eigenvalue weighted by molar-refractivity contribution is 7.80. The van der Waals surface area contributed by atoms with E-state index in [1.807, 2.05) is 12.1 Å². The van der Waals surface area contributed by atoms with Crippen LogP contribution in [0.15, 0.2) is 47.1 Å². The molecule has 1 aliphatic rings. The van der Waals surface area contributed by atoms with Gasteiger partial charge >= 0.3 is 0 Å². The van der Waals surface area contributed by atoms with Crippen molar-refractivity contribution in [1.82, 2.24) is 10.2 Å². The van der Waals surface area contributed by atoms with Crippen molar-refractivity contribution in [2.24, 2.45) is 0 Å². The molecule has 1 saturated heterocycles. The summed E-state index contributed by atoms with van der Waals surface area (Å²) in [6, 6.07) is 12.7. The number of benzene rings is 1. The molecule has 0 atom stereocenters. The van der Waals surface area contributed by atoms with Crippen LogP contribution in [-0.4, -0.2) is 36.2 Å². The first-order valence-electron chi connectivity index (χ1n) is 8.15. The smallest absolute Gasteiger partial charge is 0.169 e. The SMILES string of the molecule is Cc1cccc(C[NH+]2CCN(C(=S)NCc3ccco3)CC2)c1. The van der Waals surface area contributed by atoms with Gasteiger partial charge in [0.25, 0.3) is 0 Å². The van der Waals surface area contributed by atoms with Gasteiger partial charge in [-0.3, -0.25) is 0 Å². The molecule has 3 rings (SSSR count). The molecule has 23 heavy (non-hydrogen) atoms. The number of hydrogen-bond acceptors (Lipinski definition) is 2. The Balaban J connectivity index is 1.43. The van der Waals surface area contributed by atoms with Crippen molar-refractivity contribution in [2.45, 2.75) is 20.0 Å². The second kappa shape index (κ2) is 7.62. The van der Waals surface area contributed by atoms with Crippen LogP contribution in [0.4, 0.5) is 0 Å². The van der Waals surface area contributed by atoms with Crippen LogP contribution in [0.1, 0.15) is 16.9 Å². The predicted molar refractivity (Wildman–Crippen MR) is 95.3 cm³/mol. The van der Waals surface area contributed by atoms with E-state index in [2.05, 4.69) is 41.4 Å². The first-order valence-corrected chi connectivity index (χ1v) is 8.56. The van der Waals surface area contributed by atoms with Gasteiger partial charge in [-0.25, -0.2) is 0 Å². The van der Waals surface area contributed by atoms with Crippen molar-refractivity contribution in [3.63, 3.8) is 0 Å². The zero-order valence-corrected chi connectivity index (χ0v) is 14.4. The van der Waals surface area contributed by atoms with Gasteiger partial charge in [-0.1, -0.05) is 29.8 Å². The maximum atomic E-state index is 5.50. The van der Waals surface area contributed by atoms with Crippen LogP contribution in [0, 0.1) is 6.92 Å². The lowest BCUT2D eigenvalue weighted by molar-refractivity contribution is -0.917. The van der Waals surface area contributed by atoms with Gasteiger partial charge in [-0.2, -0.15) is 0 Å². The van der Waals surface area contributed by atoms with E-state index in [0.717, 1.165) is 43.6 Å². The molecule has 1 aromatic heterocycles. The lowest BCUT2D eigenvalue weighted by atomic mass is 10.1. The molecule has 4 nitrogen and oxygen atoms in total. The fourth-order valence-corrected chi connectivity index (χ4v) is 3.26. The van der Waals surface area contributed by atoms with Crippen LogP contribution in [0.5, 0.6) is 0 Å². The van der Waals surface area contributed by atoms with Gasteiger partial charge < -0.3 is 19.5 Å². The molecule has 0 radical (unpaired) electrons. The Hall–Kier alpha value is -1.85. The largest absolute Gasteiger partial charge is 0.467 e. The molecule has 2 aromatic rings. The van der Waals surface area contributed by atoms with Crippen molar-refractivity contribution in [1.29, 1.82) is 0 Å². The Kier molecular flexibility index (Phi) is 5.31. The number of furan rings is 1. The number of aryl methyl sites for hydroxylation is 1. The van der Waals surface area contributed by atoms with E-state index in [4.69, 9.17) is 16.6 Å². The third kappa shape index (κ3) is 4.56. The van der Waals surface area contributed by atoms with E-state index in [1.165, 1.54) is 11.1 Å². The second-order valence-electron chi connectivity index (χ2n) is 6.14. The summed E-state index contributed by atoms with van der Waals surface area (Å²) in [4.78, 5) is 3.89. The second-order valence-corrected chi connectivity index (χ2v) is 6.53. The van der Waals surface area contributed by atoms with Gasteiger partial charge in [-0.15, -0.1) is 0 Å². The van der Waals surface area contributed by atoms with E-state index in [-0.39, 0.29) is 0 Å². The summed E-state index contributed by atoms with van der Waals surface area (Å²) in [6.45, 7) is 8.16. The normalized spacial score (nSPS) is 15.6. The van der Waals surface area contributed by atoms with Crippen LogP contribution in [0.2, 0.25) is 0 Å². The summed E-state index contributed by atoms with van der Waals surface area (Å²) in [7, 11) is 0. The lowest BCUT2D eigenvalue weighted by Gasteiger charge is -2.33. The van der Waals surface area contributed by atoms with Gasteiger partial charge in [0.2, 0.25) is 0 Å². The standard InChI is InChI=1S/C18H23N3OS/c1-15-4-2-5-16(12-15)14-20-7-9-21(10-8-20)18(23)19-13-17-6-3-11-22-17/h2-6,11-12H,7-10,13-14H2,1H3,(H,19,23)/p+1. The first kappa shape index (κ1) is 16.0. The number of thiocarbonyl (C=S) groups is 1. The van der Waals surface area contributed by atoms with Crippen LogP contribution in [0.25, 0.3) is 0 Å². The Morgan fingerprint density at radius 3 is 2.78 bits per heavy atom. The maximum Gasteiger partial charge on any atom is 0.169 e. The van der Waals surface area contributed by atoms with Gasteiger partial charge in [0.1, 0.15) is 12.3 Å². The number of piperazine rings is 1. The van der Waals surface area contributed by atoms with E-state index in [0.29, 0.717) is 6.54 Å². The van der Waals surface area contributed by atoms with Crippen molar-refractivity contribution in [3.8, 4) is 0 Å². The number of hydrogen-bond donors (Lipinski definition) is 2. The summed E-state index contributed by atoms with van der Waals surface area (Å²) in [5.74, 6) is 0.913. The van der Waals surface area contributed by atoms with Crippen LogP contribution < -0.4 is 10.2 Å². The molecule has 2 heterocycles. The molecule has 5 heteroatoms. The summed E-state index contributed by atoms with van der Waals surface area (Å²) < 4.78 is 5.32. The Labute approximate surface area is 143 Å². The van der Waals surface area contributed by atoms with Crippen molar-refractivity contribution in [3.05, 3.63) is 59.5 Å². The molecule has 0 amide bonds. The fraction of sp³-hybridized carbons (Fsp3) is 0.389. The highest BCUT2D eigenvalue weighted by Gasteiger charge is 2.21. The molecule has 0 bridgehead atoms. The monoisotopic (exact) mass is 330 g/mol. The van der Waals surface area contributed by atoms with Gasteiger partial charge in [0.05, 0.1) is 39.0 Å². The fourth-order valence-electron chi connectivity index (χ4n) is 3.00. The third-order valence-electron chi connectivity index (χ3n) is 4.29. The molecule has 1 aromatic carbocycles. The minimum atomic E-state index is 0.655. The number of quaternary nitrogens is 1. The molecule has 0 unspecified atom stereocenters. The number of nitrogens with zero attached hydrogens (tertiary/aromatic N) is 1. The molecule has 2 N–H and O–H groups in total. The third-order valence-corrected chi connectivity index (χ3v) is 4.69. The van der Waals surface area contributed by atoms with E-state index in [9.17, 15) is 0 Å². The highest BCUT2D eigenvalue weighted by Crippen LogP contribution is 2.03. The average molecular weight is 330 g/mol. The average Bonchev–Trinajstić information content (AvgIpc) is 3.07. The minimum Gasteiger partial charge on any atom is -0.467 e. The van der Waals surface area contributed by atoms with Crippen molar-refractivity contribution in [2.75, 3.05) is 26.2 Å². The van der Waals surface area contributed by atoms with E-state index < -0.39 is 0 Å². The zero-order chi connectivity index (χ0) is 16.1. The van der Waals surface area contributed by atoms with Crippen LogP contribution >= 0.6 is 12.2 Å². The van der Waals surface area contributed by atoms with Gasteiger partial charge in [0.15, 0.2) is 5.11 Å². The summed E-state index contributed by atoms with van der Waals surface area (Å²) >= 11 is 5.50. The highest BCUT2D eigenvalue weighted by atomic mass is 32.1. The van der Waals surface area contributed by atoms with Crippen molar-refractivity contribution < 1.29 is 9.32 Å². The van der Waals surface area contributed by atoms with Gasteiger partial charge in [0, 0.05) is 5.56 Å². The molecular formula is C18H24N3OS+. The molecule has 1 aliphatic heterocycles. The summed E-state index contributed by atoms with van der Waals surface area (Å²) in [5, 5.41) is 4.11. The van der Waals surface area contributed by atoms with E-state index >= 15 is 0 Å². The zero-order valence-electron chi connectivity index (χ0n) is 13.5. The molecule has 122 valence electrons. The Bertz CT molecular complexity index is 633. The minimum absolute atomic E-state index is 0.655. The molecule has 0 saturated carbocycles. The van der Waals surface area contributed by atoms with Crippen LogP contribution in [-0.2, 0) is 13.1 Å². The molecule has 0 spiro atoms. The molecule has 1 fully saturated rings. The number of rotatable bonds is 4. The maximum absolute atomic E-state index is 5.50. The van der Waals surface area contributed by atoms with E-state index in [1.54, 1.807) is 11.2 Å². The first-order chi connectivity index (χ1) is 11.2. The topological polar surface area (TPSA) is 32.9 Å².